The quantitative estimate of drug-likeness (QED) is 0.196. The number of hydrogen-bond donors (Lipinski definition) is 2. The molecule has 0 aliphatic carbocycles. The number of carbonyl (C=O) groups excluding carboxylic acids is 5. The second kappa shape index (κ2) is 16.5. The highest BCUT2D eigenvalue weighted by Crippen LogP contribution is 2.32. The minimum atomic E-state index is -1.06. The molecule has 43 heavy (non-hydrogen) atoms. The SMILES string of the molecule is O=C1CCC(N2C(=O)c3cccc(NC(=O)CCCCCOCCOCCOCCOc4ccccc4)c3C2=O)C(=O)N1. The van der Waals surface area contributed by atoms with Crippen LogP contribution in [0.4, 0.5) is 5.69 Å². The molecule has 12 nitrogen and oxygen atoms in total. The average molecular weight is 596 g/mol. The number of imide groups is 2. The third kappa shape index (κ3) is 9.18. The van der Waals surface area contributed by atoms with E-state index in [1.165, 1.54) is 6.07 Å². The van der Waals surface area contributed by atoms with E-state index in [0.717, 1.165) is 23.5 Å². The first-order valence-electron chi connectivity index (χ1n) is 14.5. The normalized spacial score (nSPS) is 16.3. The van der Waals surface area contributed by atoms with E-state index in [9.17, 15) is 24.0 Å². The number of hydrogen-bond acceptors (Lipinski definition) is 9. The summed E-state index contributed by atoms with van der Waals surface area (Å²) < 4.78 is 22.1. The Morgan fingerprint density at radius 3 is 2.21 bits per heavy atom. The second-order valence-electron chi connectivity index (χ2n) is 10.0. The minimum Gasteiger partial charge on any atom is -0.491 e. The largest absolute Gasteiger partial charge is 0.491 e. The molecule has 4 rings (SSSR count). The monoisotopic (exact) mass is 595 g/mol. The van der Waals surface area contributed by atoms with Crippen molar-refractivity contribution in [3.63, 3.8) is 0 Å². The van der Waals surface area contributed by atoms with Gasteiger partial charge in [0.15, 0.2) is 0 Å². The standard InChI is InChI=1S/C31H37N3O9/c35-26(12-5-2-6-15-40-16-17-41-18-19-42-20-21-43-22-8-3-1-4-9-22)32-24-11-7-10-23-28(24)31(39)34(30(23)38)25-13-14-27(36)33-29(25)37/h1,3-4,7-11,25H,2,5-6,12-21H2,(H,32,35)(H,33,36,37). The smallest absolute Gasteiger partial charge is 0.264 e. The van der Waals surface area contributed by atoms with Gasteiger partial charge in [-0.3, -0.25) is 34.2 Å². The number of nitrogens with zero attached hydrogens (tertiary/aromatic N) is 1. The Labute approximate surface area is 250 Å². The summed E-state index contributed by atoms with van der Waals surface area (Å²) in [6.07, 6.45) is 2.53. The number of piperidine rings is 1. The predicted octanol–water partition coefficient (Wildman–Crippen LogP) is 2.72. The number of ether oxygens (including phenoxy) is 4. The molecule has 2 aliphatic heterocycles. The van der Waals surface area contributed by atoms with Crippen molar-refractivity contribution in [3.8, 4) is 5.75 Å². The number of fused-ring (bicyclic) bond motifs is 1. The Bertz CT molecular complexity index is 1280. The zero-order valence-corrected chi connectivity index (χ0v) is 24.0. The number of anilines is 1. The maximum absolute atomic E-state index is 13.1. The summed E-state index contributed by atoms with van der Waals surface area (Å²) in [5.41, 5.74) is 0.407. The van der Waals surface area contributed by atoms with Crippen LogP contribution in [0.5, 0.6) is 5.75 Å². The minimum absolute atomic E-state index is 0.0361. The molecule has 0 spiro atoms. The summed E-state index contributed by atoms with van der Waals surface area (Å²) in [5, 5.41) is 4.90. The summed E-state index contributed by atoms with van der Waals surface area (Å²) in [4.78, 5) is 63.3. The molecule has 12 heteroatoms. The van der Waals surface area contributed by atoms with Crippen molar-refractivity contribution in [2.45, 2.75) is 44.6 Å². The van der Waals surface area contributed by atoms with Crippen molar-refractivity contribution in [1.82, 2.24) is 10.2 Å². The van der Waals surface area contributed by atoms with Crippen molar-refractivity contribution < 1.29 is 42.9 Å². The molecule has 0 bridgehead atoms. The molecule has 1 atom stereocenters. The molecule has 0 radical (unpaired) electrons. The molecule has 5 amide bonds. The average Bonchev–Trinajstić information content (AvgIpc) is 3.25. The van der Waals surface area contributed by atoms with Gasteiger partial charge in [0.05, 0.1) is 49.8 Å². The fourth-order valence-corrected chi connectivity index (χ4v) is 4.78. The van der Waals surface area contributed by atoms with E-state index in [1.54, 1.807) is 12.1 Å². The van der Waals surface area contributed by atoms with Crippen molar-refractivity contribution in [1.29, 1.82) is 0 Å². The number of unbranched alkanes of at least 4 members (excludes halogenated alkanes) is 2. The number of para-hydroxylation sites is 1. The Balaban J connectivity index is 1.04. The van der Waals surface area contributed by atoms with Crippen LogP contribution in [0.1, 0.15) is 59.2 Å². The summed E-state index contributed by atoms with van der Waals surface area (Å²) in [6, 6.07) is 13.1. The summed E-state index contributed by atoms with van der Waals surface area (Å²) in [6.45, 7) is 3.42. The Kier molecular flexibility index (Phi) is 12.2. The van der Waals surface area contributed by atoms with Gasteiger partial charge in [0, 0.05) is 19.4 Å². The van der Waals surface area contributed by atoms with Gasteiger partial charge in [-0.2, -0.15) is 0 Å². The maximum atomic E-state index is 13.1. The second-order valence-corrected chi connectivity index (χ2v) is 10.0. The van der Waals surface area contributed by atoms with Crippen molar-refractivity contribution >= 4 is 35.2 Å². The lowest BCUT2D eigenvalue weighted by Gasteiger charge is -2.27. The third-order valence-electron chi connectivity index (χ3n) is 6.92. The first kappa shape index (κ1) is 31.8. The fourth-order valence-electron chi connectivity index (χ4n) is 4.78. The zero-order valence-electron chi connectivity index (χ0n) is 24.0. The molecule has 0 saturated carbocycles. The maximum Gasteiger partial charge on any atom is 0.264 e. The first-order valence-corrected chi connectivity index (χ1v) is 14.5. The highest BCUT2D eigenvalue weighted by atomic mass is 16.6. The van der Waals surface area contributed by atoms with E-state index in [2.05, 4.69) is 10.6 Å². The van der Waals surface area contributed by atoms with Gasteiger partial charge in [-0.05, 0) is 43.5 Å². The fraction of sp³-hybridized carbons (Fsp3) is 0.452. The summed E-state index contributed by atoms with van der Waals surface area (Å²) in [7, 11) is 0. The number of benzene rings is 2. The van der Waals surface area contributed by atoms with Gasteiger partial charge in [-0.15, -0.1) is 0 Å². The molecule has 2 aromatic carbocycles. The van der Waals surface area contributed by atoms with E-state index < -0.39 is 29.7 Å². The van der Waals surface area contributed by atoms with Crippen LogP contribution in [-0.2, 0) is 28.6 Å². The number of carbonyl (C=O) groups is 5. The lowest BCUT2D eigenvalue weighted by molar-refractivity contribution is -0.136. The summed E-state index contributed by atoms with van der Waals surface area (Å²) >= 11 is 0. The molecule has 1 saturated heterocycles. The van der Waals surface area contributed by atoms with Crippen molar-refractivity contribution in [2.24, 2.45) is 0 Å². The number of rotatable bonds is 18. The zero-order chi connectivity index (χ0) is 30.4. The van der Waals surface area contributed by atoms with E-state index >= 15 is 0 Å². The molecule has 2 aliphatic rings. The molecule has 2 N–H and O–H groups in total. The predicted molar refractivity (Wildman–Crippen MR) is 155 cm³/mol. The van der Waals surface area contributed by atoms with Crippen molar-refractivity contribution in [2.75, 3.05) is 51.6 Å². The topological polar surface area (TPSA) is 150 Å². The van der Waals surface area contributed by atoms with E-state index in [1.807, 2.05) is 30.3 Å². The molecule has 230 valence electrons. The lowest BCUT2D eigenvalue weighted by atomic mass is 10.0. The van der Waals surface area contributed by atoms with Crippen LogP contribution in [0.15, 0.2) is 48.5 Å². The summed E-state index contributed by atoms with van der Waals surface area (Å²) in [5.74, 6) is -1.86. The van der Waals surface area contributed by atoms with Crippen molar-refractivity contribution in [3.05, 3.63) is 59.7 Å². The Morgan fingerprint density at radius 2 is 1.49 bits per heavy atom. The van der Waals surface area contributed by atoms with Crippen LogP contribution in [0, 0.1) is 0 Å². The van der Waals surface area contributed by atoms with Gasteiger partial charge in [-0.25, -0.2) is 0 Å². The lowest BCUT2D eigenvalue weighted by Crippen LogP contribution is -2.54. The van der Waals surface area contributed by atoms with Crippen LogP contribution < -0.4 is 15.4 Å². The first-order chi connectivity index (χ1) is 21.0. The Morgan fingerprint density at radius 1 is 0.791 bits per heavy atom. The van der Waals surface area contributed by atoms with Gasteiger partial charge >= 0.3 is 0 Å². The molecule has 0 aromatic heterocycles. The number of nitrogens with one attached hydrogen (secondary N) is 2. The van der Waals surface area contributed by atoms with E-state index in [0.29, 0.717) is 52.7 Å². The molecule has 2 aromatic rings. The highest BCUT2D eigenvalue weighted by Gasteiger charge is 2.45. The van der Waals surface area contributed by atoms with Crippen LogP contribution in [0.3, 0.4) is 0 Å². The Hall–Kier alpha value is -4.13. The molecule has 1 fully saturated rings. The van der Waals surface area contributed by atoms with Crippen LogP contribution in [0.2, 0.25) is 0 Å². The number of amides is 5. The van der Waals surface area contributed by atoms with Crippen LogP contribution in [-0.4, -0.2) is 86.7 Å². The van der Waals surface area contributed by atoms with E-state index in [4.69, 9.17) is 18.9 Å². The van der Waals surface area contributed by atoms with Gasteiger partial charge in [0.25, 0.3) is 11.8 Å². The molecular formula is C31H37N3O9. The highest BCUT2D eigenvalue weighted by molar-refractivity contribution is 6.26. The van der Waals surface area contributed by atoms with Gasteiger partial charge in [0.1, 0.15) is 18.4 Å². The van der Waals surface area contributed by atoms with Gasteiger partial charge in [0.2, 0.25) is 17.7 Å². The molecule has 2 heterocycles. The molecular weight excluding hydrogens is 558 g/mol. The van der Waals surface area contributed by atoms with Crippen LogP contribution >= 0.6 is 0 Å². The van der Waals surface area contributed by atoms with E-state index in [-0.39, 0.29) is 42.0 Å². The third-order valence-corrected chi connectivity index (χ3v) is 6.92. The van der Waals surface area contributed by atoms with Gasteiger partial charge < -0.3 is 24.3 Å². The molecule has 1 unspecified atom stereocenters. The van der Waals surface area contributed by atoms with Gasteiger partial charge in [-0.1, -0.05) is 30.7 Å². The van der Waals surface area contributed by atoms with Crippen LogP contribution in [0.25, 0.3) is 0 Å².